The summed E-state index contributed by atoms with van der Waals surface area (Å²) in [7, 11) is 0. The molecule has 1 aromatic heterocycles. The molecule has 0 saturated heterocycles. The average Bonchev–Trinajstić information content (AvgIpc) is 3.05. The van der Waals surface area contributed by atoms with Gasteiger partial charge in [0.05, 0.1) is 0 Å². The number of carbonyl (C=O) groups excluding carboxylic acids is 2. The number of unbranched alkanes of at least 4 members (excludes halogenated alkanes) is 1. The van der Waals surface area contributed by atoms with Crippen LogP contribution < -0.4 is 10.6 Å². The highest BCUT2D eigenvalue weighted by atomic mass is 32.1. The van der Waals surface area contributed by atoms with E-state index in [0.717, 1.165) is 24.3 Å². The van der Waals surface area contributed by atoms with Crippen LogP contribution >= 0.6 is 11.3 Å². The van der Waals surface area contributed by atoms with E-state index < -0.39 is 17.8 Å². The lowest BCUT2D eigenvalue weighted by atomic mass is 10.0. The molecule has 0 saturated carbocycles. The number of halogens is 1. The fourth-order valence-corrected chi connectivity index (χ4v) is 3.06. The summed E-state index contributed by atoms with van der Waals surface area (Å²) < 4.78 is 13.0. The number of rotatable bonds is 8. The van der Waals surface area contributed by atoms with Crippen LogP contribution in [0, 0.1) is 11.7 Å². The monoisotopic (exact) mass is 378 g/mol. The molecule has 1 heterocycles. The van der Waals surface area contributed by atoms with Crippen LogP contribution in [-0.2, 0) is 11.2 Å². The quantitative estimate of drug-likeness (QED) is 0.737. The second-order valence-electron chi connectivity index (χ2n) is 6.30. The lowest BCUT2D eigenvalue weighted by Gasteiger charge is -2.21. The Hall–Kier alpha value is -2.35. The molecule has 1 unspecified atom stereocenters. The Labute approximate surface area is 156 Å². The summed E-state index contributed by atoms with van der Waals surface area (Å²) in [6, 6.07) is 4.43. The minimum atomic E-state index is -0.740. The molecule has 6 nitrogen and oxygen atoms in total. The van der Waals surface area contributed by atoms with Gasteiger partial charge in [-0.05, 0) is 36.6 Å². The van der Waals surface area contributed by atoms with Crippen LogP contribution in [0.5, 0.6) is 0 Å². The first kappa shape index (κ1) is 20.0. The molecule has 0 radical (unpaired) electrons. The summed E-state index contributed by atoms with van der Waals surface area (Å²) in [5.41, 5.74) is 0.294. The zero-order valence-electron chi connectivity index (χ0n) is 15.1. The molecule has 2 amide bonds. The van der Waals surface area contributed by atoms with Crippen molar-refractivity contribution < 1.29 is 14.0 Å². The van der Waals surface area contributed by atoms with E-state index in [9.17, 15) is 14.0 Å². The Balaban J connectivity index is 2.01. The molecule has 0 fully saturated rings. The highest BCUT2D eigenvalue weighted by Crippen LogP contribution is 2.18. The highest BCUT2D eigenvalue weighted by Gasteiger charge is 2.25. The summed E-state index contributed by atoms with van der Waals surface area (Å²) in [5.74, 6) is -1.34. The number of aryl methyl sites for hydroxylation is 1. The maximum absolute atomic E-state index is 13.0. The van der Waals surface area contributed by atoms with Gasteiger partial charge in [0.15, 0.2) is 0 Å². The van der Waals surface area contributed by atoms with E-state index in [1.54, 1.807) is 0 Å². The zero-order chi connectivity index (χ0) is 19.1. The molecule has 2 rings (SSSR count). The molecule has 0 aliphatic carbocycles. The van der Waals surface area contributed by atoms with Crippen molar-refractivity contribution in [1.29, 1.82) is 0 Å². The predicted molar refractivity (Wildman–Crippen MR) is 99.6 cm³/mol. The van der Waals surface area contributed by atoms with E-state index in [4.69, 9.17) is 0 Å². The molecular weight excluding hydrogens is 355 g/mol. The van der Waals surface area contributed by atoms with Crippen LogP contribution in [0.3, 0.4) is 0 Å². The van der Waals surface area contributed by atoms with Crippen molar-refractivity contribution in [2.45, 2.75) is 46.1 Å². The van der Waals surface area contributed by atoms with Crippen molar-refractivity contribution in [3.63, 3.8) is 0 Å². The molecule has 0 aliphatic heterocycles. The molecule has 0 spiro atoms. The fourth-order valence-electron chi connectivity index (χ4n) is 2.28. The Morgan fingerprint density at radius 2 is 1.88 bits per heavy atom. The van der Waals surface area contributed by atoms with Crippen LogP contribution in [0.2, 0.25) is 0 Å². The summed E-state index contributed by atoms with van der Waals surface area (Å²) >= 11 is 1.34. The number of hydrogen-bond donors (Lipinski definition) is 2. The smallest absolute Gasteiger partial charge is 0.251 e. The van der Waals surface area contributed by atoms with Crippen molar-refractivity contribution in [3.8, 4) is 0 Å². The zero-order valence-corrected chi connectivity index (χ0v) is 15.9. The lowest BCUT2D eigenvalue weighted by Crippen LogP contribution is -2.47. The number of aromatic nitrogens is 2. The summed E-state index contributed by atoms with van der Waals surface area (Å²) in [4.78, 5) is 24.9. The van der Waals surface area contributed by atoms with E-state index in [2.05, 4.69) is 27.8 Å². The Bertz CT molecular complexity index is 746. The summed E-state index contributed by atoms with van der Waals surface area (Å²) in [5, 5.41) is 14.7. The Kier molecular flexibility index (Phi) is 7.20. The van der Waals surface area contributed by atoms with Crippen molar-refractivity contribution in [2.24, 2.45) is 5.92 Å². The lowest BCUT2D eigenvalue weighted by molar-refractivity contribution is -0.118. The molecule has 0 aliphatic rings. The van der Waals surface area contributed by atoms with Crippen LogP contribution in [0.1, 0.15) is 49.0 Å². The van der Waals surface area contributed by atoms with E-state index in [-0.39, 0.29) is 11.8 Å². The topological polar surface area (TPSA) is 84.0 Å². The van der Waals surface area contributed by atoms with Crippen molar-refractivity contribution >= 4 is 28.3 Å². The molecule has 140 valence electrons. The number of amides is 2. The number of hydrogen-bond acceptors (Lipinski definition) is 5. The van der Waals surface area contributed by atoms with Crippen LogP contribution in [0.25, 0.3) is 0 Å². The first-order valence-corrected chi connectivity index (χ1v) is 9.42. The number of nitrogens with one attached hydrogen (secondary N) is 2. The van der Waals surface area contributed by atoms with Crippen LogP contribution in [0.15, 0.2) is 24.3 Å². The standard InChI is InChI=1S/C18H23FN4O2S/c1-4-5-6-14-22-23-18(26-14)21-17(25)15(11(2)3)20-16(24)12-7-9-13(19)10-8-12/h7-11,15H,4-6H2,1-3H3,(H,20,24)(H,21,23,25). The molecule has 0 bridgehead atoms. The number of benzene rings is 1. The molecule has 26 heavy (non-hydrogen) atoms. The van der Waals surface area contributed by atoms with Crippen LogP contribution in [0.4, 0.5) is 9.52 Å². The largest absolute Gasteiger partial charge is 0.340 e. The van der Waals surface area contributed by atoms with Gasteiger partial charge in [0.2, 0.25) is 11.0 Å². The Morgan fingerprint density at radius 3 is 2.50 bits per heavy atom. The van der Waals surface area contributed by atoms with E-state index in [1.807, 2.05) is 13.8 Å². The highest BCUT2D eigenvalue weighted by molar-refractivity contribution is 7.15. The first-order chi connectivity index (χ1) is 12.4. The number of anilines is 1. The van der Waals surface area contributed by atoms with Crippen molar-refractivity contribution in [3.05, 3.63) is 40.7 Å². The second-order valence-corrected chi connectivity index (χ2v) is 7.36. The van der Waals surface area contributed by atoms with Gasteiger partial charge in [-0.3, -0.25) is 14.9 Å². The molecule has 2 aromatic rings. The van der Waals surface area contributed by atoms with E-state index >= 15 is 0 Å². The van der Waals surface area contributed by atoms with Gasteiger partial charge in [-0.25, -0.2) is 4.39 Å². The molecule has 1 aromatic carbocycles. The average molecular weight is 378 g/mol. The minimum Gasteiger partial charge on any atom is -0.340 e. The van der Waals surface area contributed by atoms with Gasteiger partial charge in [0.25, 0.3) is 5.91 Å². The third-order valence-electron chi connectivity index (χ3n) is 3.78. The van der Waals surface area contributed by atoms with Gasteiger partial charge in [0.1, 0.15) is 16.9 Å². The Morgan fingerprint density at radius 1 is 1.19 bits per heavy atom. The number of nitrogens with zero attached hydrogens (tertiary/aromatic N) is 2. The third-order valence-corrected chi connectivity index (χ3v) is 4.68. The predicted octanol–water partition coefficient (Wildman–Crippen LogP) is 3.41. The molecule has 2 N–H and O–H groups in total. The van der Waals surface area contributed by atoms with Gasteiger partial charge in [-0.2, -0.15) is 0 Å². The van der Waals surface area contributed by atoms with Crippen LogP contribution in [-0.4, -0.2) is 28.1 Å². The van der Waals surface area contributed by atoms with E-state index in [1.165, 1.54) is 35.6 Å². The normalized spacial score (nSPS) is 12.0. The van der Waals surface area contributed by atoms with Gasteiger partial charge in [-0.1, -0.05) is 38.5 Å². The molecule has 1 atom stereocenters. The summed E-state index contributed by atoms with van der Waals surface area (Å²) in [6.07, 6.45) is 2.91. The third kappa shape index (κ3) is 5.59. The maximum atomic E-state index is 13.0. The minimum absolute atomic E-state index is 0.133. The number of carbonyl (C=O) groups is 2. The first-order valence-electron chi connectivity index (χ1n) is 8.60. The second kappa shape index (κ2) is 9.38. The van der Waals surface area contributed by atoms with Crippen molar-refractivity contribution in [2.75, 3.05) is 5.32 Å². The van der Waals surface area contributed by atoms with Gasteiger partial charge < -0.3 is 5.32 Å². The van der Waals surface area contributed by atoms with E-state index in [0.29, 0.717) is 10.7 Å². The SMILES string of the molecule is CCCCc1nnc(NC(=O)C(NC(=O)c2ccc(F)cc2)C(C)C)s1. The molecule has 8 heteroatoms. The maximum Gasteiger partial charge on any atom is 0.251 e. The molecular formula is C18H23FN4O2S. The summed E-state index contributed by atoms with van der Waals surface area (Å²) in [6.45, 7) is 5.77. The van der Waals surface area contributed by atoms with Gasteiger partial charge in [0, 0.05) is 12.0 Å². The van der Waals surface area contributed by atoms with Gasteiger partial charge in [-0.15, -0.1) is 10.2 Å². The van der Waals surface area contributed by atoms with Crippen molar-refractivity contribution in [1.82, 2.24) is 15.5 Å². The fraction of sp³-hybridized carbons (Fsp3) is 0.444. The van der Waals surface area contributed by atoms with Gasteiger partial charge >= 0.3 is 0 Å².